The van der Waals surface area contributed by atoms with Gasteiger partial charge >= 0.3 is 0 Å². The van der Waals surface area contributed by atoms with Crippen LogP contribution in [0.15, 0.2) is 66.6 Å². The molecular weight excluding hydrogens is 410 g/mol. The van der Waals surface area contributed by atoms with Gasteiger partial charge in [-0.1, -0.05) is 5.16 Å². The predicted molar refractivity (Wildman–Crippen MR) is 116 cm³/mol. The van der Waals surface area contributed by atoms with Gasteiger partial charge < -0.3 is 19.3 Å². The van der Waals surface area contributed by atoms with E-state index in [2.05, 4.69) is 25.5 Å². The molecule has 0 radical (unpaired) electrons. The molecule has 0 saturated heterocycles. The van der Waals surface area contributed by atoms with Gasteiger partial charge in [0, 0.05) is 55.6 Å². The summed E-state index contributed by atoms with van der Waals surface area (Å²) in [5.41, 5.74) is 3.88. The fourth-order valence-corrected chi connectivity index (χ4v) is 3.48. The largest absolute Gasteiger partial charge is 0.473 e. The Hall–Kier alpha value is -4.21. The van der Waals surface area contributed by atoms with Gasteiger partial charge in [-0.3, -0.25) is 9.48 Å². The molecule has 0 spiro atoms. The summed E-state index contributed by atoms with van der Waals surface area (Å²) in [4.78, 5) is 26.4. The van der Waals surface area contributed by atoms with Crippen LogP contribution in [0.1, 0.15) is 16.8 Å². The zero-order valence-corrected chi connectivity index (χ0v) is 17.4. The number of imidazole rings is 1. The van der Waals surface area contributed by atoms with Gasteiger partial charge in [0.15, 0.2) is 6.10 Å². The number of oxime groups is 1. The summed E-state index contributed by atoms with van der Waals surface area (Å²) in [7, 11) is 1.86. The second-order valence-electron chi connectivity index (χ2n) is 7.45. The first-order chi connectivity index (χ1) is 15.7. The van der Waals surface area contributed by atoms with E-state index < -0.39 is 0 Å². The van der Waals surface area contributed by atoms with Crippen LogP contribution < -0.4 is 10.1 Å². The minimum absolute atomic E-state index is 0.183. The van der Waals surface area contributed by atoms with Crippen molar-refractivity contribution in [1.29, 1.82) is 0 Å². The zero-order valence-electron chi connectivity index (χ0n) is 17.4. The first-order valence-corrected chi connectivity index (χ1v) is 10.1. The van der Waals surface area contributed by atoms with Crippen LogP contribution in [0.25, 0.3) is 16.8 Å². The topological polar surface area (TPSA) is 108 Å². The van der Waals surface area contributed by atoms with Crippen molar-refractivity contribution < 1.29 is 14.4 Å². The quantitative estimate of drug-likeness (QED) is 0.480. The summed E-state index contributed by atoms with van der Waals surface area (Å²) in [5.74, 6) is 0.332. The standard InChI is InChI=1S/C22H21N7O3/c1-28-12-16(10-26-28)19-3-2-6-24-22(19)31-14-18-9-17(27-32-18)11-25-21(30)15-4-5-20-23-7-8-29(20)13-15/h2-8,10,12-13,18H,9,11,14H2,1H3,(H,25,30). The van der Waals surface area contributed by atoms with E-state index in [0.717, 1.165) is 22.5 Å². The molecule has 5 rings (SSSR count). The third kappa shape index (κ3) is 4.15. The van der Waals surface area contributed by atoms with Gasteiger partial charge in [-0.25, -0.2) is 9.97 Å². The summed E-state index contributed by atoms with van der Waals surface area (Å²) < 4.78 is 9.45. The highest BCUT2D eigenvalue weighted by atomic mass is 16.7. The second-order valence-corrected chi connectivity index (χ2v) is 7.45. The van der Waals surface area contributed by atoms with Crippen molar-refractivity contribution in [1.82, 2.24) is 29.5 Å². The lowest BCUT2D eigenvalue weighted by atomic mass is 10.1. The van der Waals surface area contributed by atoms with E-state index in [-0.39, 0.29) is 12.0 Å². The molecule has 10 nitrogen and oxygen atoms in total. The smallest absolute Gasteiger partial charge is 0.253 e. The molecule has 162 valence electrons. The fourth-order valence-electron chi connectivity index (χ4n) is 3.48. The van der Waals surface area contributed by atoms with Crippen molar-refractivity contribution in [3.63, 3.8) is 0 Å². The second kappa shape index (κ2) is 8.50. The van der Waals surface area contributed by atoms with E-state index in [9.17, 15) is 4.79 Å². The number of aryl methyl sites for hydroxylation is 1. The SMILES string of the molecule is Cn1cc(-c2cccnc2OCC2CC(CNC(=O)c3ccc4nccn4c3)=NO2)cn1. The molecule has 0 aliphatic carbocycles. The van der Waals surface area contributed by atoms with Crippen LogP contribution in [-0.2, 0) is 11.9 Å². The van der Waals surface area contributed by atoms with Crippen molar-refractivity contribution >= 4 is 17.3 Å². The summed E-state index contributed by atoms with van der Waals surface area (Å²) in [6.07, 6.45) is 10.9. The maximum Gasteiger partial charge on any atom is 0.253 e. The first-order valence-electron chi connectivity index (χ1n) is 10.1. The molecule has 0 fully saturated rings. The molecule has 1 aliphatic heterocycles. The Bertz CT molecular complexity index is 1290. The highest BCUT2D eigenvalue weighted by Gasteiger charge is 2.23. The molecule has 4 aromatic rings. The number of pyridine rings is 2. The van der Waals surface area contributed by atoms with Crippen molar-refractivity contribution in [2.75, 3.05) is 13.2 Å². The number of hydrogen-bond donors (Lipinski definition) is 1. The minimum Gasteiger partial charge on any atom is -0.473 e. The first kappa shape index (κ1) is 19.7. The summed E-state index contributed by atoms with van der Waals surface area (Å²) in [5, 5.41) is 11.2. The predicted octanol–water partition coefficient (Wildman–Crippen LogP) is 2.08. The van der Waals surface area contributed by atoms with Gasteiger partial charge in [0.2, 0.25) is 5.88 Å². The Kier molecular flexibility index (Phi) is 5.24. The highest BCUT2D eigenvalue weighted by molar-refractivity contribution is 5.98. The van der Waals surface area contributed by atoms with Crippen LogP contribution in [0.5, 0.6) is 5.88 Å². The molecule has 0 aromatic carbocycles. The molecule has 10 heteroatoms. The maximum absolute atomic E-state index is 12.5. The third-order valence-electron chi connectivity index (χ3n) is 5.09. The molecule has 1 amide bonds. The number of nitrogens with one attached hydrogen (secondary N) is 1. The molecule has 4 aromatic heterocycles. The van der Waals surface area contributed by atoms with Gasteiger partial charge in [0.05, 0.1) is 24.0 Å². The maximum atomic E-state index is 12.5. The van der Waals surface area contributed by atoms with Crippen LogP contribution in [0.4, 0.5) is 0 Å². The number of ether oxygens (including phenoxy) is 1. The number of nitrogens with zero attached hydrogens (tertiary/aromatic N) is 6. The number of hydrogen-bond acceptors (Lipinski definition) is 7. The Labute approximate surface area is 183 Å². The molecule has 32 heavy (non-hydrogen) atoms. The molecule has 1 unspecified atom stereocenters. The lowest BCUT2D eigenvalue weighted by Gasteiger charge is -2.12. The van der Waals surface area contributed by atoms with Crippen molar-refractivity contribution in [2.45, 2.75) is 12.5 Å². The van der Waals surface area contributed by atoms with Gasteiger partial charge in [0.25, 0.3) is 5.91 Å². The lowest BCUT2D eigenvalue weighted by molar-refractivity contribution is 0.0459. The van der Waals surface area contributed by atoms with Crippen LogP contribution in [-0.4, -0.2) is 55.0 Å². The van der Waals surface area contributed by atoms with Crippen LogP contribution in [0.2, 0.25) is 0 Å². The van der Waals surface area contributed by atoms with Gasteiger partial charge in [-0.2, -0.15) is 5.10 Å². The van der Waals surface area contributed by atoms with Crippen LogP contribution in [0.3, 0.4) is 0 Å². The summed E-state index contributed by atoms with van der Waals surface area (Å²) >= 11 is 0. The number of carbonyl (C=O) groups excluding carboxylic acids is 1. The summed E-state index contributed by atoms with van der Waals surface area (Å²) in [6.45, 7) is 0.602. The fraction of sp³-hybridized carbons (Fsp3) is 0.227. The molecule has 1 atom stereocenters. The normalized spacial score (nSPS) is 15.4. The van der Waals surface area contributed by atoms with E-state index >= 15 is 0 Å². The summed E-state index contributed by atoms with van der Waals surface area (Å²) in [6, 6.07) is 7.34. The van der Waals surface area contributed by atoms with Crippen molar-refractivity contribution in [3.8, 4) is 17.0 Å². The van der Waals surface area contributed by atoms with Crippen molar-refractivity contribution in [3.05, 3.63) is 67.0 Å². The van der Waals surface area contributed by atoms with Crippen LogP contribution in [0, 0.1) is 0 Å². The molecule has 0 saturated carbocycles. The minimum atomic E-state index is -0.243. The average Bonchev–Trinajstić information content (AvgIpc) is 3.56. The van der Waals surface area contributed by atoms with E-state index in [0.29, 0.717) is 31.0 Å². The number of carbonyl (C=O) groups is 1. The van der Waals surface area contributed by atoms with Gasteiger partial charge in [0.1, 0.15) is 12.3 Å². The Morgan fingerprint density at radius 3 is 3.06 bits per heavy atom. The Morgan fingerprint density at radius 1 is 1.25 bits per heavy atom. The van der Waals surface area contributed by atoms with Gasteiger partial charge in [-0.15, -0.1) is 0 Å². The molecule has 5 heterocycles. The lowest BCUT2D eigenvalue weighted by Crippen LogP contribution is -2.30. The number of aromatic nitrogens is 5. The van der Waals surface area contributed by atoms with Gasteiger partial charge in [-0.05, 0) is 24.3 Å². The molecular formula is C22H21N7O3. The molecule has 1 aliphatic rings. The highest BCUT2D eigenvalue weighted by Crippen LogP contribution is 2.27. The monoisotopic (exact) mass is 431 g/mol. The number of amides is 1. The van der Waals surface area contributed by atoms with E-state index in [1.54, 1.807) is 52.2 Å². The van der Waals surface area contributed by atoms with Crippen molar-refractivity contribution in [2.24, 2.45) is 12.2 Å². The molecule has 0 bridgehead atoms. The Morgan fingerprint density at radius 2 is 2.19 bits per heavy atom. The molecule has 1 N–H and O–H groups in total. The third-order valence-corrected chi connectivity index (χ3v) is 5.09. The van der Waals surface area contributed by atoms with E-state index in [1.807, 2.05) is 25.4 Å². The number of fused-ring (bicyclic) bond motifs is 1. The average molecular weight is 431 g/mol. The van der Waals surface area contributed by atoms with Crippen LogP contribution >= 0.6 is 0 Å². The Balaban J connectivity index is 1.13. The number of rotatable bonds is 7. The van der Waals surface area contributed by atoms with E-state index in [4.69, 9.17) is 9.57 Å². The van der Waals surface area contributed by atoms with E-state index in [1.165, 1.54) is 0 Å². The zero-order chi connectivity index (χ0) is 21.9.